The Bertz CT molecular complexity index is 180. The van der Waals surface area contributed by atoms with Gasteiger partial charge < -0.3 is 10.1 Å². The van der Waals surface area contributed by atoms with Crippen LogP contribution < -0.4 is 5.32 Å². The third-order valence-corrected chi connectivity index (χ3v) is 2.78. The van der Waals surface area contributed by atoms with Gasteiger partial charge in [-0.05, 0) is 25.3 Å². The Morgan fingerprint density at radius 1 is 1.54 bits per heavy atom. The highest BCUT2D eigenvalue weighted by Crippen LogP contribution is 2.21. The summed E-state index contributed by atoms with van der Waals surface area (Å²) < 4.78 is 4.75. The zero-order chi connectivity index (χ0) is 9.84. The average Bonchev–Trinajstić information content (AvgIpc) is 2.17. The first kappa shape index (κ1) is 10.5. The van der Waals surface area contributed by atoms with Gasteiger partial charge in [-0.3, -0.25) is 4.79 Å². The van der Waals surface area contributed by atoms with Crippen molar-refractivity contribution < 1.29 is 9.53 Å². The first-order valence-corrected chi connectivity index (χ1v) is 4.96. The van der Waals surface area contributed by atoms with Gasteiger partial charge in [0.05, 0.1) is 13.0 Å². The van der Waals surface area contributed by atoms with Crippen LogP contribution in [0.15, 0.2) is 0 Å². The van der Waals surface area contributed by atoms with Crippen LogP contribution in [0.2, 0.25) is 0 Å². The lowest BCUT2D eigenvalue weighted by molar-refractivity contribution is -0.146. The van der Waals surface area contributed by atoms with E-state index in [1.54, 1.807) is 0 Å². The Labute approximate surface area is 79.8 Å². The van der Waals surface area contributed by atoms with E-state index in [0.29, 0.717) is 12.0 Å². The van der Waals surface area contributed by atoms with Crippen LogP contribution in [0.1, 0.15) is 26.7 Å². The Kier molecular flexibility index (Phi) is 3.72. The third-order valence-electron chi connectivity index (χ3n) is 2.78. The van der Waals surface area contributed by atoms with Crippen molar-refractivity contribution in [2.75, 3.05) is 13.7 Å². The largest absolute Gasteiger partial charge is 0.469 e. The fourth-order valence-electron chi connectivity index (χ4n) is 1.84. The third kappa shape index (κ3) is 2.69. The summed E-state index contributed by atoms with van der Waals surface area (Å²) in [5.41, 5.74) is 0. The summed E-state index contributed by atoms with van der Waals surface area (Å²) >= 11 is 0. The highest BCUT2D eigenvalue weighted by atomic mass is 16.5. The maximum atomic E-state index is 11.3. The standard InChI is InChI=1S/C10H19NO2/c1-7(2)9-6-8(4-5-11-9)10(12)13-3/h7-9,11H,4-6H2,1-3H3. The number of esters is 1. The van der Waals surface area contributed by atoms with Gasteiger partial charge in [-0.15, -0.1) is 0 Å². The van der Waals surface area contributed by atoms with E-state index in [2.05, 4.69) is 19.2 Å². The van der Waals surface area contributed by atoms with Crippen molar-refractivity contribution in [1.82, 2.24) is 5.32 Å². The predicted molar refractivity (Wildman–Crippen MR) is 51.4 cm³/mol. The number of carbonyl (C=O) groups is 1. The lowest BCUT2D eigenvalue weighted by atomic mass is 9.87. The monoisotopic (exact) mass is 185 g/mol. The normalized spacial score (nSPS) is 28.9. The van der Waals surface area contributed by atoms with Crippen molar-refractivity contribution >= 4 is 5.97 Å². The van der Waals surface area contributed by atoms with Crippen LogP contribution >= 0.6 is 0 Å². The van der Waals surface area contributed by atoms with E-state index in [-0.39, 0.29) is 11.9 Å². The zero-order valence-corrected chi connectivity index (χ0v) is 8.67. The summed E-state index contributed by atoms with van der Waals surface area (Å²) in [5.74, 6) is 0.651. The number of hydrogen-bond acceptors (Lipinski definition) is 3. The van der Waals surface area contributed by atoms with E-state index in [4.69, 9.17) is 4.74 Å². The van der Waals surface area contributed by atoms with E-state index in [1.807, 2.05) is 0 Å². The second-order valence-electron chi connectivity index (χ2n) is 4.05. The molecule has 1 N–H and O–H groups in total. The highest BCUT2D eigenvalue weighted by Gasteiger charge is 2.28. The molecule has 0 amide bonds. The molecule has 0 bridgehead atoms. The fourth-order valence-corrected chi connectivity index (χ4v) is 1.84. The van der Waals surface area contributed by atoms with E-state index in [0.717, 1.165) is 19.4 Å². The molecule has 3 nitrogen and oxygen atoms in total. The molecule has 0 saturated carbocycles. The van der Waals surface area contributed by atoms with Crippen LogP contribution in [-0.4, -0.2) is 25.7 Å². The second kappa shape index (κ2) is 4.61. The Morgan fingerprint density at radius 2 is 2.23 bits per heavy atom. The number of methoxy groups -OCH3 is 1. The Morgan fingerprint density at radius 3 is 2.77 bits per heavy atom. The van der Waals surface area contributed by atoms with Crippen LogP contribution in [0.5, 0.6) is 0 Å². The quantitative estimate of drug-likeness (QED) is 0.657. The lowest BCUT2D eigenvalue weighted by Crippen LogP contribution is -2.43. The molecule has 2 atom stereocenters. The molecule has 0 aromatic heterocycles. The predicted octanol–water partition coefficient (Wildman–Crippen LogP) is 1.18. The maximum Gasteiger partial charge on any atom is 0.308 e. The number of nitrogens with one attached hydrogen (secondary N) is 1. The fraction of sp³-hybridized carbons (Fsp3) is 0.900. The van der Waals surface area contributed by atoms with Crippen LogP contribution in [0.4, 0.5) is 0 Å². The Hall–Kier alpha value is -0.570. The second-order valence-corrected chi connectivity index (χ2v) is 4.05. The molecule has 2 unspecified atom stereocenters. The van der Waals surface area contributed by atoms with Gasteiger partial charge in [-0.25, -0.2) is 0 Å². The molecule has 0 aromatic carbocycles. The van der Waals surface area contributed by atoms with E-state index < -0.39 is 0 Å². The number of carbonyl (C=O) groups excluding carboxylic acids is 1. The van der Waals surface area contributed by atoms with Gasteiger partial charge in [0.15, 0.2) is 0 Å². The summed E-state index contributed by atoms with van der Waals surface area (Å²) in [4.78, 5) is 11.3. The van der Waals surface area contributed by atoms with Crippen LogP contribution in [0, 0.1) is 11.8 Å². The SMILES string of the molecule is COC(=O)C1CCNC(C(C)C)C1. The number of ether oxygens (including phenoxy) is 1. The maximum absolute atomic E-state index is 11.3. The smallest absolute Gasteiger partial charge is 0.308 e. The number of piperidine rings is 1. The molecular formula is C10H19NO2. The lowest BCUT2D eigenvalue weighted by Gasteiger charge is -2.31. The minimum Gasteiger partial charge on any atom is -0.469 e. The number of rotatable bonds is 2. The van der Waals surface area contributed by atoms with Crippen molar-refractivity contribution in [1.29, 1.82) is 0 Å². The Balaban J connectivity index is 2.46. The molecule has 3 heteroatoms. The first-order valence-electron chi connectivity index (χ1n) is 4.96. The molecule has 0 radical (unpaired) electrons. The molecule has 1 heterocycles. The van der Waals surface area contributed by atoms with Crippen molar-refractivity contribution in [3.05, 3.63) is 0 Å². The van der Waals surface area contributed by atoms with Gasteiger partial charge in [0.1, 0.15) is 0 Å². The van der Waals surface area contributed by atoms with Crippen LogP contribution in [0.25, 0.3) is 0 Å². The van der Waals surface area contributed by atoms with Crippen molar-refractivity contribution in [3.8, 4) is 0 Å². The molecule has 0 aliphatic carbocycles. The summed E-state index contributed by atoms with van der Waals surface area (Å²) in [5, 5.41) is 3.42. The molecule has 1 fully saturated rings. The molecule has 76 valence electrons. The molecule has 1 saturated heterocycles. The van der Waals surface area contributed by atoms with Crippen LogP contribution in [-0.2, 0) is 9.53 Å². The minimum absolute atomic E-state index is 0.0489. The number of hydrogen-bond donors (Lipinski definition) is 1. The van der Waals surface area contributed by atoms with Gasteiger partial charge in [0.2, 0.25) is 0 Å². The molecule has 0 spiro atoms. The van der Waals surface area contributed by atoms with Gasteiger partial charge in [-0.1, -0.05) is 13.8 Å². The topological polar surface area (TPSA) is 38.3 Å². The van der Waals surface area contributed by atoms with Crippen molar-refractivity contribution in [2.24, 2.45) is 11.8 Å². The van der Waals surface area contributed by atoms with E-state index in [1.165, 1.54) is 7.11 Å². The van der Waals surface area contributed by atoms with Gasteiger partial charge >= 0.3 is 5.97 Å². The average molecular weight is 185 g/mol. The molecule has 0 aromatic rings. The minimum atomic E-state index is -0.0489. The van der Waals surface area contributed by atoms with E-state index >= 15 is 0 Å². The highest BCUT2D eigenvalue weighted by molar-refractivity contribution is 5.72. The van der Waals surface area contributed by atoms with Crippen molar-refractivity contribution in [3.63, 3.8) is 0 Å². The summed E-state index contributed by atoms with van der Waals surface area (Å²) in [6, 6.07) is 0.470. The molecule has 1 aliphatic rings. The van der Waals surface area contributed by atoms with Crippen LogP contribution in [0.3, 0.4) is 0 Å². The molecule has 1 aliphatic heterocycles. The molecule has 1 rings (SSSR count). The van der Waals surface area contributed by atoms with Crippen molar-refractivity contribution in [2.45, 2.75) is 32.7 Å². The van der Waals surface area contributed by atoms with Gasteiger partial charge in [0, 0.05) is 6.04 Å². The first-order chi connectivity index (χ1) is 6.15. The van der Waals surface area contributed by atoms with Gasteiger partial charge in [-0.2, -0.15) is 0 Å². The summed E-state index contributed by atoms with van der Waals surface area (Å²) in [6.45, 7) is 5.29. The summed E-state index contributed by atoms with van der Waals surface area (Å²) in [6.07, 6.45) is 1.83. The molecular weight excluding hydrogens is 166 g/mol. The van der Waals surface area contributed by atoms with E-state index in [9.17, 15) is 4.79 Å². The van der Waals surface area contributed by atoms with Gasteiger partial charge in [0.25, 0.3) is 0 Å². The summed E-state index contributed by atoms with van der Waals surface area (Å²) in [7, 11) is 1.47. The zero-order valence-electron chi connectivity index (χ0n) is 8.67. The molecule has 13 heavy (non-hydrogen) atoms.